The molecule has 2 nitrogen and oxygen atoms in total. The lowest BCUT2D eigenvalue weighted by Crippen LogP contribution is -1.96. The lowest BCUT2D eigenvalue weighted by atomic mass is 10.2. The Bertz CT molecular complexity index is 635. The molecule has 0 saturated carbocycles. The number of anilines is 2. The van der Waals surface area contributed by atoms with E-state index >= 15 is 0 Å². The van der Waals surface area contributed by atoms with E-state index in [2.05, 4.69) is 21.2 Å². The minimum atomic E-state index is -0.601. The van der Waals surface area contributed by atoms with Crippen molar-refractivity contribution in [3.8, 4) is 6.07 Å². The SMILES string of the molecule is N#Cc1ccc(Nc2ccc(Br)cc2F)c(F)c1. The van der Waals surface area contributed by atoms with Crippen LogP contribution in [0.4, 0.5) is 20.2 Å². The van der Waals surface area contributed by atoms with Crippen LogP contribution in [0.25, 0.3) is 0 Å². The summed E-state index contributed by atoms with van der Waals surface area (Å²) >= 11 is 3.14. The highest BCUT2D eigenvalue weighted by atomic mass is 79.9. The van der Waals surface area contributed by atoms with E-state index in [9.17, 15) is 8.78 Å². The first-order valence-corrected chi connectivity index (χ1v) is 5.81. The third kappa shape index (κ3) is 2.66. The zero-order valence-corrected chi connectivity index (χ0v) is 10.6. The molecule has 0 saturated heterocycles. The van der Waals surface area contributed by atoms with E-state index in [1.165, 1.54) is 24.3 Å². The predicted molar refractivity (Wildman–Crippen MR) is 68.5 cm³/mol. The first kappa shape index (κ1) is 12.5. The molecule has 2 aromatic carbocycles. The number of rotatable bonds is 2. The van der Waals surface area contributed by atoms with Gasteiger partial charge in [-0.15, -0.1) is 0 Å². The molecule has 0 bridgehead atoms. The van der Waals surface area contributed by atoms with Crippen molar-refractivity contribution in [2.45, 2.75) is 0 Å². The smallest absolute Gasteiger partial charge is 0.147 e. The van der Waals surface area contributed by atoms with Crippen molar-refractivity contribution in [3.63, 3.8) is 0 Å². The Labute approximate surface area is 111 Å². The second-order valence-electron chi connectivity index (χ2n) is 3.56. The Balaban J connectivity index is 2.32. The summed E-state index contributed by atoms with van der Waals surface area (Å²) in [7, 11) is 0. The summed E-state index contributed by atoms with van der Waals surface area (Å²) in [5.74, 6) is -1.09. The zero-order chi connectivity index (χ0) is 13.1. The molecular weight excluding hydrogens is 302 g/mol. The molecule has 0 aliphatic rings. The van der Waals surface area contributed by atoms with Gasteiger partial charge >= 0.3 is 0 Å². The molecule has 5 heteroatoms. The first-order chi connectivity index (χ1) is 8.60. The topological polar surface area (TPSA) is 35.8 Å². The predicted octanol–water partition coefficient (Wildman–Crippen LogP) is 4.34. The van der Waals surface area contributed by atoms with Crippen LogP contribution in [0, 0.1) is 23.0 Å². The first-order valence-electron chi connectivity index (χ1n) is 5.02. The van der Waals surface area contributed by atoms with Crippen molar-refractivity contribution >= 4 is 27.3 Å². The maximum atomic E-state index is 13.6. The summed E-state index contributed by atoms with van der Waals surface area (Å²) in [4.78, 5) is 0. The number of nitrogens with one attached hydrogen (secondary N) is 1. The quantitative estimate of drug-likeness (QED) is 0.895. The van der Waals surface area contributed by atoms with Gasteiger partial charge in [0.2, 0.25) is 0 Å². The second kappa shape index (κ2) is 5.15. The molecule has 90 valence electrons. The van der Waals surface area contributed by atoms with Crippen LogP contribution in [-0.4, -0.2) is 0 Å². The van der Waals surface area contributed by atoms with Gasteiger partial charge in [-0.25, -0.2) is 8.78 Å². The van der Waals surface area contributed by atoms with Crippen LogP contribution in [0.5, 0.6) is 0 Å². The average molecular weight is 309 g/mol. The molecule has 0 amide bonds. The largest absolute Gasteiger partial charge is 0.351 e. The van der Waals surface area contributed by atoms with Gasteiger partial charge in [0.05, 0.1) is 23.0 Å². The molecule has 1 N–H and O–H groups in total. The lowest BCUT2D eigenvalue weighted by Gasteiger charge is -2.09. The minimum absolute atomic E-state index is 0.121. The van der Waals surface area contributed by atoms with Crippen LogP contribution in [0.2, 0.25) is 0 Å². The van der Waals surface area contributed by atoms with Crippen LogP contribution in [0.3, 0.4) is 0 Å². The highest BCUT2D eigenvalue weighted by Gasteiger charge is 2.07. The van der Waals surface area contributed by atoms with Gasteiger partial charge in [-0.3, -0.25) is 0 Å². The number of benzene rings is 2. The third-order valence-corrected chi connectivity index (χ3v) is 2.79. The molecule has 0 fully saturated rings. The lowest BCUT2D eigenvalue weighted by molar-refractivity contribution is 0.625. The number of halogens is 3. The maximum Gasteiger partial charge on any atom is 0.147 e. The van der Waals surface area contributed by atoms with Gasteiger partial charge in [0, 0.05) is 4.47 Å². The van der Waals surface area contributed by atoms with Gasteiger partial charge in [0.15, 0.2) is 0 Å². The van der Waals surface area contributed by atoms with Crippen LogP contribution in [0.1, 0.15) is 5.56 Å². The molecule has 2 rings (SSSR count). The summed E-state index contributed by atoms with van der Waals surface area (Å²) in [5, 5.41) is 11.3. The summed E-state index contributed by atoms with van der Waals surface area (Å²) in [6.07, 6.45) is 0. The molecule has 0 aromatic heterocycles. The zero-order valence-electron chi connectivity index (χ0n) is 9.05. The van der Waals surface area contributed by atoms with Gasteiger partial charge in [0.1, 0.15) is 11.6 Å². The van der Waals surface area contributed by atoms with E-state index in [-0.39, 0.29) is 16.9 Å². The number of nitrogens with zero attached hydrogens (tertiary/aromatic N) is 1. The Hall–Kier alpha value is -1.93. The van der Waals surface area contributed by atoms with E-state index in [0.29, 0.717) is 4.47 Å². The molecule has 2 aromatic rings. The molecule has 0 atom stereocenters. The fourth-order valence-corrected chi connectivity index (χ4v) is 1.76. The summed E-state index contributed by atoms with van der Waals surface area (Å²) in [6.45, 7) is 0. The monoisotopic (exact) mass is 308 g/mol. The summed E-state index contributed by atoms with van der Waals surface area (Å²) in [6, 6.07) is 10.2. The molecular formula is C13H7BrF2N2. The molecule has 0 aliphatic carbocycles. The van der Waals surface area contributed by atoms with Crippen molar-refractivity contribution in [3.05, 3.63) is 58.1 Å². The Morgan fingerprint density at radius 1 is 1.00 bits per heavy atom. The molecule has 0 heterocycles. The Morgan fingerprint density at radius 2 is 1.61 bits per heavy atom. The minimum Gasteiger partial charge on any atom is -0.351 e. The van der Waals surface area contributed by atoms with E-state index in [4.69, 9.17) is 5.26 Å². The van der Waals surface area contributed by atoms with Crippen molar-refractivity contribution in [1.29, 1.82) is 5.26 Å². The van der Waals surface area contributed by atoms with Crippen LogP contribution < -0.4 is 5.32 Å². The van der Waals surface area contributed by atoms with Gasteiger partial charge in [-0.05, 0) is 36.4 Å². The van der Waals surface area contributed by atoms with Gasteiger partial charge in [0.25, 0.3) is 0 Å². The summed E-state index contributed by atoms with van der Waals surface area (Å²) < 4.78 is 27.7. The normalized spacial score (nSPS) is 9.89. The fraction of sp³-hybridized carbons (Fsp3) is 0. The average Bonchev–Trinajstić information content (AvgIpc) is 2.34. The van der Waals surface area contributed by atoms with Crippen molar-refractivity contribution in [1.82, 2.24) is 0 Å². The van der Waals surface area contributed by atoms with E-state index in [0.717, 1.165) is 6.07 Å². The van der Waals surface area contributed by atoms with Gasteiger partial charge in [-0.1, -0.05) is 15.9 Å². The van der Waals surface area contributed by atoms with Crippen LogP contribution in [0.15, 0.2) is 40.9 Å². The molecule has 18 heavy (non-hydrogen) atoms. The van der Waals surface area contributed by atoms with E-state index in [1.54, 1.807) is 6.07 Å². The fourth-order valence-electron chi connectivity index (χ4n) is 1.42. The Morgan fingerprint density at radius 3 is 2.17 bits per heavy atom. The van der Waals surface area contributed by atoms with E-state index < -0.39 is 11.6 Å². The highest BCUT2D eigenvalue weighted by molar-refractivity contribution is 9.10. The molecule has 0 spiro atoms. The van der Waals surface area contributed by atoms with Crippen molar-refractivity contribution < 1.29 is 8.78 Å². The number of hydrogen-bond donors (Lipinski definition) is 1. The van der Waals surface area contributed by atoms with Crippen molar-refractivity contribution in [2.75, 3.05) is 5.32 Å². The molecule has 0 radical (unpaired) electrons. The maximum absolute atomic E-state index is 13.6. The Kier molecular flexibility index (Phi) is 3.58. The van der Waals surface area contributed by atoms with Gasteiger partial charge < -0.3 is 5.32 Å². The van der Waals surface area contributed by atoms with Gasteiger partial charge in [-0.2, -0.15) is 5.26 Å². The second-order valence-corrected chi connectivity index (χ2v) is 4.47. The standard InChI is InChI=1S/C13H7BrF2N2/c14-9-2-4-13(11(16)6-9)18-12-3-1-8(7-17)5-10(12)15/h1-6,18H. The molecule has 0 unspecified atom stereocenters. The van der Waals surface area contributed by atoms with Crippen LogP contribution >= 0.6 is 15.9 Å². The summed E-state index contributed by atoms with van der Waals surface area (Å²) in [5.41, 5.74) is 0.506. The van der Waals surface area contributed by atoms with Crippen LogP contribution in [-0.2, 0) is 0 Å². The van der Waals surface area contributed by atoms with Crippen molar-refractivity contribution in [2.24, 2.45) is 0 Å². The van der Waals surface area contributed by atoms with E-state index in [1.807, 2.05) is 6.07 Å². The highest BCUT2D eigenvalue weighted by Crippen LogP contribution is 2.25. The molecule has 0 aliphatic heterocycles. The number of hydrogen-bond acceptors (Lipinski definition) is 2. The number of nitriles is 1. The third-order valence-electron chi connectivity index (χ3n) is 2.30.